The van der Waals surface area contributed by atoms with Crippen molar-refractivity contribution in [1.82, 2.24) is 9.80 Å². The van der Waals surface area contributed by atoms with E-state index in [2.05, 4.69) is 0 Å². The summed E-state index contributed by atoms with van der Waals surface area (Å²) in [7, 11) is 3.36. The highest BCUT2D eigenvalue weighted by Crippen LogP contribution is 2.33. The smallest absolute Gasteiger partial charge is 0.325 e. The summed E-state index contributed by atoms with van der Waals surface area (Å²) in [4.78, 5) is 27.5. The average Bonchev–Trinajstić information content (AvgIpc) is 2.75. The minimum Gasteiger partial charge on any atom is -0.480 e. The Morgan fingerprint density at radius 2 is 2.28 bits per heavy atom. The van der Waals surface area contributed by atoms with Crippen LogP contribution in [0, 0.1) is 0 Å². The monoisotopic (exact) mass is 268 g/mol. The molecule has 0 saturated carbocycles. The minimum absolute atomic E-state index is 0.0695. The van der Waals surface area contributed by atoms with Crippen LogP contribution in [0.1, 0.15) is 16.5 Å². The Morgan fingerprint density at radius 3 is 2.89 bits per heavy atom. The summed E-state index contributed by atoms with van der Waals surface area (Å²) in [5.41, 5.74) is 0.838. The Hall–Kier alpha value is -1.40. The van der Waals surface area contributed by atoms with E-state index in [0.29, 0.717) is 6.54 Å². The van der Waals surface area contributed by atoms with Crippen LogP contribution in [0.15, 0.2) is 11.4 Å². The lowest BCUT2D eigenvalue weighted by Gasteiger charge is -2.33. The summed E-state index contributed by atoms with van der Waals surface area (Å²) in [5, 5.41) is 11.3. The Balaban J connectivity index is 2.22. The van der Waals surface area contributed by atoms with E-state index in [9.17, 15) is 14.7 Å². The quantitative estimate of drug-likeness (QED) is 0.881. The first-order valence-corrected chi connectivity index (χ1v) is 6.62. The summed E-state index contributed by atoms with van der Waals surface area (Å²) in [5.74, 6) is -0.958. The zero-order valence-corrected chi connectivity index (χ0v) is 11.2. The third kappa shape index (κ3) is 2.39. The van der Waals surface area contributed by atoms with E-state index in [1.54, 1.807) is 30.3 Å². The highest BCUT2D eigenvalue weighted by atomic mass is 32.1. The molecule has 1 atom stereocenters. The fourth-order valence-corrected chi connectivity index (χ4v) is 3.05. The molecular formula is C12H16N2O3S. The van der Waals surface area contributed by atoms with Gasteiger partial charge in [0.05, 0.1) is 6.54 Å². The molecule has 0 aliphatic carbocycles. The molecule has 0 saturated heterocycles. The number of carbonyl (C=O) groups excluding carboxylic acids is 1. The predicted molar refractivity (Wildman–Crippen MR) is 68.7 cm³/mol. The molecule has 1 unspecified atom stereocenters. The maximum absolute atomic E-state index is 11.7. The largest absolute Gasteiger partial charge is 0.480 e. The number of amides is 1. The van der Waals surface area contributed by atoms with Gasteiger partial charge in [0, 0.05) is 25.5 Å². The highest BCUT2D eigenvalue weighted by molar-refractivity contribution is 7.10. The van der Waals surface area contributed by atoms with Crippen molar-refractivity contribution in [3.8, 4) is 0 Å². The summed E-state index contributed by atoms with van der Waals surface area (Å²) in [6.07, 6.45) is 0.817. The molecule has 1 aliphatic heterocycles. The second kappa shape index (κ2) is 5.07. The van der Waals surface area contributed by atoms with Crippen molar-refractivity contribution in [3.63, 3.8) is 0 Å². The fourth-order valence-electron chi connectivity index (χ4n) is 2.14. The van der Waals surface area contributed by atoms with Crippen molar-refractivity contribution in [2.45, 2.75) is 12.5 Å². The number of hydrogen-bond acceptors (Lipinski definition) is 4. The molecule has 6 heteroatoms. The van der Waals surface area contributed by atoms with Gasteiger partial charge in [-0.15, -0.1) is 11.3 Å². The Morgan fingerprint density at radius 1 is 1.56 bits per heavy atom. The van der Waals surface area contributed by atoms with Gasteiger partial charge in [-0.2, -0.15) is 0 Å². The normalized spacial score (nSPS) is 19.3. The van der Waals surface area contributed by atoms with E-state index in [1.807, 2.05) is 11.4 Å². The summed E-state index contributed by atoms with van der Waals surface area (Å²) in [6.45, 7) is 0.767. The number of fused-ring (bicyclic) bond motifs is 1. The van der Waals surface area contributed by atoms with Gasteiger partial charge in [0.2, 0.25) is 5.91 Å². The molecule has 1 aromatic heterocycles. The number of nitrogens with zero attached hydrogens (tertiary/aromatic N) is 2. The van der Waals surface area contributed by atoms with E-state index < -0.39 is 12.0 Å². The molecule has 18 heavy (non-hydrogen) atoms. The number of carboxylic acid groups (broad SMARTS) is 1. The van der Waals surface area contributed by atoms with Gasteiger partial charge in [-0.25, -0.2) is 0 Å². The van der Waals surface area contributed by atoms with Crippen molar-refractivity contribution in [2.75, 3.05) is 27.2 Å². The van der Waals surface area contributed by atoms with Crippen LogP contribution in [0.2, 0.25) is 0 Å². The molecule has 98 valence electrons. The lowest BCUT2D eigenvalue weighted by molar-refractivity contribution is -0.145. The van der Waals surface area contributed by atoms with Crippen LogP contribution in [-0.4, -0.2) is 54.0 Å². The fraction of sp³-hybridized carbons (Fsp3) is 0.500. The van der Waals surface area contributed by atoms with Gasteiger partial charge in [0.1, 0.15) is 6.04 Å². The van der Waals surface area contributed by atoms with E-state index >= 15 is 0 Å². The number of aliphatic carboxylic acids is 1. The molecule has 1 N–H and O–H groups in total. The SMILES string of the molecule is CN(C)C(=O)CN1CCc2sccc2C1C(=O)O. The van der Waals surface area contributed by atoms with Gasteiger partial charge in [0.15, 0.2) is 0 Å². The Labute approximate surface area is 110 Å². The van der Waals surface area contributed by atoms with Crippen LogP contribution in [0.4, 0.5) is 0 Å². The molecule has 0 aromatic carbocycles. The maximum atomic E-state index is 11.7. The number of carbonyl (C=O) groups is 2. The molecule has 1 aromatic rings. The number of likely N-dealkylation sites (N-methyl/N-ethyl adjacent to an activating group) is 1. The van der Waals surface area contributed by atoms with Gasteiger partial charge in [0.25, 0.3) is 0 Å². The van der Waals surface area contributed by atoms with Crippen LogP contribution < -0.4 is 0 Å². The zero-order chi connectivity index (χ0) is 13.3. The third-order valence-electron chi connectivity index (χ3n) is 3.14. The third-order valence-corrected chi connectivity index (χ3v) is 4.13. The molecular weight excluding hydrogens is 252 g/mol. The number of thiophene rings is 1. The minimum atomic E-state index is -0.888. The number of carboxylic acids is 1. The summed E-state index contributed by atoms with van der Waals surface area (Å²) >= 11 is 1.59. The van der Waals surface area contributed by atoms with Gasteiger partial charge in [-0.1, -0.05) is 0 Å². The highest BCUT2D eigenvalue weighted by Gasteiger charge is 2.34. The number of hydrogen-bond donors (Lipinski definition) is 1. The van der Waals surface area contributed by atoms with Crippen LogP contribution in [0.5, 0.6) is 0 Å². The lowest BCUT2D eigenvalue weighted by atomic mass is 10.00. The number of rotatable bonds is 3. The summed E-state index contributed by atoms with van der Waals surface area (Å²) < 4.78 is 0. The average molecular weight is 268 g/mol. The van der Waals surface area contributed by atoms with Crippen molar-refractivity contribution in [2.24, 2.45) is 0 Å². The van der Waals surface area contributed by atoms with Gasteiger partial charge >= 0.3 is 5.97 Å². The van der Waals surface area contributed by atoms with Crippen molar-refractivity contribution >= 4 is 23.2 Å². The molecule has 0 radical (unpaired) electrons. The molecule has 5 nitrogen and oxygen atoms in total. The van der Waals surface area contributed by atoms with Gasteiger partial charge < -0.3 is 10.0 Å². The van der Waals surface area contributed by atoms with E-state index in [4.69, 9.17) is 0 Å². The van der Waals surface area contributed by atoms with Crippen LogP contribution in [0.25, 0.3) is 0 Å². The first kappa shape index (κ1) is 13.0. The molecule has 2 heterocycles. The first-order chi connectivity index (χ1) is 8.50. The van der Waals surface area contributed by atoms with Crippen molar-refractivity contribution < 1.29 is 14.7 Å². The standard InChI is InChI=1S/C12H16N2O3S/c1-13(2)10(15)7-14-5-3-9-8(4-6-18-9)11(14)12(16)17/h4,6,11H,3,5,7H2,1-2H3,(H,16,17). The van der Waals surface area contributed by atoms with Gasteiger partial charge in [-0.05, 0) is 23.4 Å². The molecule has 0 fully saturated rings. The Kier molecular flexibility index (Phi) is 3.68. The molecule has 0 spiro atoms. The molecule has 1 amide bonds. The zero-order valence-electron chi connectivity index (χ0n) is 10.4. The first-order valence-electron chi connectivity index (χ1n) is 5.74. The molecule has 2 rings (SSSR count). The van der Waals surface area contributed by atoms with Crippen molar-refractivity contribution in [3.05, 3.63) is 21.9 Å². The predicted octanol–water partition coefficient (Wildman–Crippen LogP) is 0.820. The second-order valence-electron chi connectivity index (χ2n) is 4.55. The lowest BCUT2D eigenvalue weighted by Crippen LogP contribution is -2.44. The maximum Gasteiger partial charge on any atom is 0.325 e. The summed E-state index contributed by atoms with van der Waals surface area (Å²) in [6, 6.07) is 1.16. The van der Waals surface area contributed by atoms with Crippen LogP contribution in [0.3, 0.4) is 0 Å². The van der Waals surface area contributed by atoms with Gasteiger partial charge in [-0.3, -0.25) is 14.5 Å². The second-order valence-corrected chi connectivity index (χ2v) is 5.55. The van der Waals surface area contributed by atoms with E-state index in [-0.39, 0.29) is 12.5 Å². The van der Waals surface area contributed by atoms with Crippen molar-refractivity contribution in [1.29, 1.82) is 0 Å². The molecule has 1 aliphatic rings. The topological polar surface area (TPSA) is 60.9 Å². The molecule has 0 bridgehead atoms. The Bertz CT molecular complexity index is 470. The van der Waals surface area contributed by atoms with E-state index in [0.717, 1.165) is 16.9 Å². The van der Waals surface area contributed by atoms with Crippen LogP contribution >= 0.6 is 11.3 Å². The van der Waals surface area contributed by atoms with Crippen LogP contribution in [-0.2, 0) is 16.0 Å². The van der Waals surface area contributed by atoms with E-state index in [1.165, 1.54) is 4.90 Å².